The first kappa shape index (κ1) is 14.8. The maximum absolute atomic E-state index is 6.09. The summed E-state index contributed by atoms with van der Waals surface area (Å²) in [5.41, 5.74) is 5.59. The molecule has 0 atom stereocenters. The molecule has 0 saturated heterocycles. The summed E-state index contributed by atoms with van der Waals surface area (Å²) in [4.78, 5) is 4.65. The van der Waals surface area contributed by atoms with Crippen LogP contribution in [0.5, 0.6) is 0 Å². The zero-order valence-electron chi connectivity index (χ0n) is 12.2. The summed E-state index contributed by atoms with van der Waals surface area (Å²) >= 11 is 8.39. The molecule has 0 radical (unpaired) electrons. The van der Waals surface area contributed by atoms with Gasteiger partial charge < -0.3 is 4.57 Å². The first-order valence-electron chi connectivity index (χ1n) is 6.71. The van der Waals surface area contributed by atoms with E-state index < -0.39 is 0 Å². The number of rotatable bonds is 3. The van der Waals surface area contributed by atoms with E-state index in [4.69, 9.17) is 11.6 Å². The van der Waals surface area contributed by atoms with Crippen LogP contribution in [0.15, 0.2) is 18.2 Å². The second kappa shape index (κ2) is 5.61. The zero-order valence-corrected chi connectivity index (χ0v) is 15.1. The third kappa shape index (κ3) is 2.57. The highest BCUT2D eigenvalue weighted by molar-refractivity contribution is 14.1. The number of hydrogen-bond donors (Lipinski definition) is 0. The standard InChI is InChI=1S/C15H16ClIN4/c1-9-12(10(2)20(3)19-9)8-21-14-5-4-11(17)6-13(14)18-15(21)7-16/h4-6H,7-8H2,1-3H3. The van der Waals surface area contributed by atoms with Gasteiger partial charge in [0.05, 0.1) is 29.2 Å². The summed E-state index contributed by atoms with van der Waals surface area (Å²) in [6.45, 7) is 4.90. The second-order valence-corrected chi connectivity index (χ2v) is 6.67. The van der Waals surface area contributed by atoms with Crippen molar-refractivity contribution in [3.8, 4) is 0 Å². The van der Waals surface area contributed by atoms with E-state index in [1.54, 1.807) is 0 Å². The SMILES string of the molecule is Cc1nn(C)c(C)c1Cn1c(CCl)nc2cc(I)ccc21. The predicted molar refractivity (Wildman–Crippen MR) is 93.8 cm³/mol. The highest BCUT2D eigenvalue weighted by Gasteiger charge is 2.15. The van der Waals surface area contributed by atoms with E-state index in [0.29, 0.717) is 5.88 Å². The van der Waals surface area contributed by atoms with Crippen LogP contribution in [0.3, 0.4) is 0 Å². The topological polar surface area (TPSA) is 35.6 Å². The van der Waals surface area contributed by atoms with Gasteiger partial charge in [-0.25, -0.2) is 4.98 Å². The summed E-state index contributed by atoms with van der Waals surface area (Å²) in [5.74, 6) is 1.31. The highest BCUT2D eigenvalue weighted by atomic mass is 127. The summed E-state index contributed by atoms with van der Waals surface area (Å²) in [6.07, 6.45) is 0. The maximum Gasteiger partial charge on any atom is 0.125 e. The van der Waals surface area contributed by atoms with E-state index in [-0.39, 0.29) is 0 Å². The largest absolute Gasteiger partial charge is 0.322 e. The Hall–Kier alpha value is -1.08. The van der Waals surface area contributed by atoms with Crippen LogP contribution in [0.4, 0.5) is 0 Å². The van der Waals surface area contributed by atoms with Crippen molar-refractivity contribution in [1.29, 1.82) is 0 Å². The fourth-order valence-corrected chi connectivity index (χ4v) is 3.31. The number of fused-ring (bicyclic) bond motifs is 1. The Morgan fingerprint density at radius 3 is 2.67 bits per heavy atom. The number of benzene rings is 1. The Bertz CT molecular complexity index is 819. The molecule has 3 rings (SSSR count). The number of imidazole rings is 1. The van der Waals surface area contributed by atoms with Crippen molar-refractivity contribution in [2.45, 2.75) is 26.3 Å². The van der Waals surface area contributed by atoms with E-state index in [1.807, 2.05) is 18.7 Å². The summed E-state index contributed by atoms with van der Waals surface area (Å²) < 4.78 is 5.29. The van der Waals surface area contributed by atoms with Gasteiger partial charge in [0.2, 0.25) is 0 Å². The molecule has 0 fully saturated rings. The molecule has 0 spiro atoms. The Morgan fingerprint density at radius 2 is 2.05 bits per heavy atom. The smallest absolute Gasteiger partial charge is 0.125 e. The first-order valence-corrected chi connectivity index (χ1v) is 8.32. The number of halogens is 2. The summed E-state index contributed by atoms with van der Waals surface area (Å²) in [6, 6.07) is 6.30. The second-order valence-electron chi connectivity index (χ2n) is 5.15. The van der Waals surface area contributed by atoms with E-state index in [2.05, 4.69) is 62.4 Å². The van der Waals surface area contributed by atoms with Gasteiger partial charge in [0.1, 0.15) is 5.82 Å². The highest BCUT2D eigenvalue weighted by Crippen LogP contribution is 2.23. The molecule has 2 heterocycles. The number of aromatic nitrogens is 4. The van der Waals surface area contributed by atoms with E-state index in [1.165, 1.54) is 14.8 Å². The monoisotopic (exact) mass is 414 g/mol. The summed E-state index contributed by atoms with van der Waals surface area (Å²) in [5, 5.41) is 4.49. The molecule has 0 N–H and O–H groups in total. The number of nitrogens with zero attached hydrogens (tertiary/aromatic N) is 4. The minimum Gasteiger partial charge on any atom is -0.322 e. The lowest BCUT2D eigenvalue weighted by Gasteiger charge is -2.08. The van der Waals surface area contributed by atoms with Crippen LogP contribution in [-0.2, 0) is 19.5 Å². The summed E-state index contributed by atoms with van der Waals surface area (Å²) in [7, 11) is 1.97. The number of aryl methyl sites for hydroxylation is 2. The van der Waals surface area contributed by atoms with Crippen molar-refractivity contribution < 1.29 is 0 Å². The van der Waals surface area contributed by atoms with Crippen LogP contribution in [0.2, 0.25) is 0 Å². The Labute approximate surface area is 142 Å². The molecule has 0 bridgehead atoms. The molecule has 0 unspecified atom stereocenters. The third-order valence-corrected chi connectivity index (χ3v) is 4.79. The van der Waals surface area contributed by atoms with Crippen LogP contribution in [0, 0.1) is 17.4 Å². The number of hydrogen-bond acceptors (Lipinski definition) is 2. The molecule has 110 valence electrons. The van der Waals surface area contributed by atoms with Gasteiger partial charge in [-0.3, -0.25) is 4.68 Å². The maximum atomic E-state index is 6.09. The average Bonchev–Trinajstić information content (AvgIpc) is 2.91. The van der Waals surface area contributed by atoms with Gasteiger partial charge in [-0.05, 0) is 54.6 Å². The van der Waals surface area contributed by atoms with Gasteiger partial charge in [-0.1, -0.05) is 0 Å². The molecule has 21 heavy (non-hydrogen) atoms. The van der Waals surface area contributed by atoms with Crippen molar-refractivity contribution in [2.75, 3.05) is 0 Å². The van der Waals surface area contributed by atoms with Crippen LogP contribution in [-0.4, -0.2) is 19.3 Å². The predicted octanol–water partition coefficient (Wildman–Crippen LogP) is 3.78. The van der Waals surface area contributed by atoms with Crippen LogP contribution in [0.25, 0.3) is 11.0 Å². The lowest BCUT2D eigenvalue weighted by atomic mass is 10.2. The van der Waals surface area contributed by atoms with Gasteiger partial charge in [0, 0.05) is 21.9 Å². The molecule has 0 amide bonds. The number of alkyl halides is 1. The first-order chi connectivity index (χ1) is 10.0. The molecule has 0 aliphatic rings. The van der Waals surface area contributed by atoms with Gasteiger partial charge in [-0.2, -0.15) is 5.10 Å². The lowest BCUT2D eigenvalue weighted by Crippen LogP contribution is -2.06. The molecule has 0 aliphatic carbocycles. The van der Waals surface area contributed by atoms with Gasteiger partial charge in [0.15, 0.2) is 0 Å². The van der Waals surface area contributed by atoms with Crippen molar-refractivity contribution in [2.24, 2.45) is 7.05 Å². The molecule has 6 heteroatoms. The minimum atomic E-state index is 0.406. The zero-order chi connectivity index (χ0) is 15.1. The molecular weight excluding hydrogens is 399 g/mol. The van der Waals surface area contributed by atoms with Crippen molar-refractivity contribution in [3.05, 3.63) is 44.5 Å². The minimum absolute atomic E-state index is 0.406. The fraction of sp³-hybridized carbons (Fsp3) is 0.333. The van der Waals surface area contributed by atoms with E-state index in [0.717, 1.165) is 29.1 Å². The molecule has 0 aliphatic heterocycles. The fourth-order valence-electron chi connectivity index (χ4n) is 2.64. The Morgan fingerprint density at radius 1 is 1.29 bits per heavy atom. The molecule has 4 nitrogen and oxygen atoms in total. The van der Waals surface area contributed by atoms with Crippen LogP contribution >= 0.6 is 34.2 Å². The quantitative estimate of drug-likeness (QED) is 0.483. The Kier molecular flexibility index (Phi) is 3.96. The third-order valence-electron chi connectivity index (χ3n) is 3.88. The molecule has 1 aromatic carbocycles. The van der Waals surface area contributed by atoms with E-state index >= 15 is 0 Å². The molecular formula is C15H16ClIN4. The van der Waals surface area contributed by atoms with Crippen LogP contribution < -0.4 is 0 Å². The lowest BCUT2D eigenvalue weighted by molar-refractivity contribution is 0.725. The van der Waals surface area contributed by atoms with Gasteiger partial charge >= 0.3 is 0 Å². The molecule has 2 aromatic heterocycles. The van der Waals surface area contributed by atoms with Gasteiger partial charge in [0.25, 0.3) is 0 Å². The van der Waals surface area contributed by atoms with Crippen molar-refractivity contribution in [3.63, 3.8) is 0 Å². The van der Waals surface area contributed by atoms with Gasteiger partial charge in [-0.15, -0.1) is 11.6 Å². The van der Waals surface area contributed by atoms with E-state index in [9.17, 15) is 0 Å². The van der Waals surface area contributed by atoms with Crippen molar-refractivity contribution in [1.82, 2.24) is 19.3 Å². The molecule has 3 aromatic rings. The van der Waals surface area contributed by atoms with Crippen LogP contribution in [0.1, 0.15) is 22.8 Å². The Balaban J connectivity index is 2.15. The molecule has 0 saturated carbocycles. The normalized spacial score (nSPS) is 11.5. The average molecular weight is 415 g/mol. The van der Waals surface area contributed by atoms with Crippen molar-refractivity contribution >= 4 is 45.2 Å².